The van der Waals surface area contributed by atoms with E-state index in [1.165, 1.54) is 6.20 Å². The number of rotatable bonds is 0. The lowest BCUT2D eigenvalue weighted by Crippen LogP contribution is -1.68. The molecule has 0 aliphatic rings. The molecule has 1 heterocycles. The zero-order valence-electron chi connectivity index (χ0n) is 4.00. The smallest absolute Gasteiger partial charge is 0.134 e. The molecule has 1 rings (SSSR count). The fourth-order valence-corrected chi connectivity index (χ4v) is 0.753. The number of nitrogens with zero attached hydrogens (tertiary/aromatic N) is 1. The molecular formula is C6H8BrNO. The second-order valence-corrected chi connectivity index (χ2v) is 2.28. The molecule has 0 saturated heterocycles. The van der Waals surface area contributed by atoms with E-state index in [4.69, 9.17) is 5.11 Å². The van der Waals surface area contributed by atoms with Crippen molar-refractivity contribution in [1.29, 1.82) is 0 Å². The SMILES string of the molecule is C.Oc1cncc(Br)c1. The zero-order valence-corrected chi connectivity index (χ0v) is 5.59. The van der Waals surface area contributed by atoms with Crippen LogP contribution in [0.25, 0.3) is 0 Å². The molecule has 0 amide bonds. The van der Waals surface area contributed by atoms with Crippen LogP contribution in [-0.2, 0) is 0 Å². The maximum Gasteiger partial charge on any atom is 0.134 e. The minimum absolute atomic E-state index is 0. The molecule has 0 aromatic carbocycles. The van der Waals surface area contributed by atoms with E-state index in [9.17, 15) is 0 Å². The summed E-state index contributed by atoms with van der Waals surface area (Å²) >= 11 is 3.14. The third kappa shape index (κ3) is 2.46. The summed E-state index contributed by atoms with van der Waals surface area (Å²) in [5.74, 6) is 0.180. The van der Waals surface area contributed by atoms with Crippen LogP contribution in [0.3, 0.4) is 0 Å². The highest BCUT2D eigenvalue weighted by atomic mass is 79.9. The second-order valence-electron chi connectivity index (χ2n) is 1.36. The number of aromatic nitrogens is 1. The Morgan fingerprint density at radius 1 is 1.44 bits per heavy atom. The molecule has 1 N–H and O–H groups in total. The molecule has 1 aromatic heterocycles. The van der Waals surface area contributed by atoms with E-state index in [-0.39, 0.29) is 13.2 Å². The molecule has 2 nitrogen and oxygen atoms in total. The summed E-state index contributed by atoms with van der Waals surface area (Å²) in [6.07, 6.45) is 2.99. The highest BCUT2D eigenvalue weighted by molar-refractivity contribution is 9.10. The number of pyridine rings is 1. The first-order valence-corrected chi connectivity index (χ1v) is 2.88. The van der Waals surface area contributed by atoms with E-state index < -0.39 is 0 Å². The number of hydrogen-bond donors (Lipinski definition) is 1. The maximum absolute atomic E-state index is 8.72. The normalized spacial score (nSPS) is 8.11. The topological polar surface area (TPSA) is 33.1 Å². The van der Waals surface area contributed by atoms with Crippen LogP contribution >= 0.6 is 15.9 Å². The van der Waals surface area contributed by atoms with Gasteiger partial charge in [-0.05, 0) is 22.0 Å². The Bertz CT molecular complexity index is 173. The lowest BCUT2D eigenvalue weighted by atomic mass is 10.5. The molecule has 0 aliphatic carbocycles. The molecule has 0 bridgehead atoms. The lowest BCUT2D eigenvalue weighted by molar-refractivity contribution is 0.472. The van der Waals surface area contributed by atoms with Gasteiger partial charge < -0.3 is 5.11 Å². The monoisotopic (exact) mass is 189 g/mol. The van der Waals surface area contributed by atoms with Gasteiger partial charge in [0.1, 0.15) is 5.75 Å². The molecular weight excluding hydrogens is 182 g/mol. The Kier molecular flexibility index (Phi) is 3.24. The Morgan fingerprint density at radius 3 is 2.44 bits per heavy atom. The summed E-state index contributed by atoms with van der Waals surface area (Å²) in [6, 6.07) is 1.58. The van der Waals surface area contributed by atoms with Crippen LogP contribution in [0.2, 0.25) is 0 Å². The van der Waals surface area contributed by atoms with Crippen molar-refractivity contribution in [2.45, 2.75) is 7.43 Å². The Hall–Kier alpha value is -0.570. The summed E-state index contributed by atoms with van der Waals surface area (Å²) in [6.45, 7) is 0. The van der Waals surface area contributed by atoms with Gasteiger partial charge in [0.2, 0.25) is 0 Å². The Morgan fingerprint density at radius 2 is 2.11 bits per heavy atom. The minimum atomic E-state index is 0. The van der Waals surface area contributed by atoms with Crippen LogP contribution in [0.1, 0.15) is 7.43 Å². The number of halogens is 1. The van der Waals surface area contributed by atoms with E-state index in [0.717, 1.165) is 4.47 Å². The van der Waals surface area contributed by atoms with E-state index >= 15 is 0 Å². The van der Waals surface area contributed by atoms with Gasteiger partial charge >= 0.3 is 0 Å². The summed E-state index contributed by atoms with van der Waals surface area (Å²) in [5, 5.41) is 8.72. The van der Waals surface area contributed by atoms with E-state index in [1.807, 2.05) is 0 Å². The summed E-state index contributed by atoms with van der Waals surface area (Å²) < 4.78 is 0.789. The second kappa shape index (κ2) is 3.45. The Labute approximate surface area is 62.7 Å². The van der Waals surface area contributed by atoms with E-state index in [2.05, 4.69) is 20.9 Å². The van der Waals surface area contributed by atoms with Gasteiger partial charge in [-0.3, -0.25) is 4.98 Å². The first kappa shape index (κ1) is 8.43. The van der Waals surface area contributed by atoms with Crippen LogP contribution in [0, 0.1) is 0 Å². The number of aromatic hydroxyl groups is 1. The lowest BCUT2D eigenvalue weighted by Gasteiger charge is -1.87. The van der Waals surface area contributed by atoms with Crippen LogP contribution < -0.4 is 0 Å². The van der Waals surface area contributed by atoms with Gasteiger partial charge in [-0.1, -0.05) is 7.43 Å². The van der Waals surface area contributed by atoms with Crippen molar-refractivity contribution in [3.8, 4) is 5.75 Å². The third-order valence-electron chi connectivity index (χ3n) is 0.690. The van der Waals surface area contributed by atoms with Gasteiger partial charge in [-0.2, -0.15) is 0 Å². The van der Waals surface area contributed by atoms with E-state index in [1.54, 1.807) is 12.3 Å². The fourth-order valence-electron chi connectivity index (χ4n) is 0.401. The van der Waals surface area contributed by atoms with Crippen molar-refractivity contribution in [2.75, 3.05) is 0 Å². The van der Waals surface area contributed by atoms with Gasteiger partial charge in [0.15, 0.2) is 0 Å². The maximum atomic E-state index is 8.72. The van der Waals surface area contributed by atoms with Gasteiger partial charge in [0.25, 0.3) is 0 Å². The molecule has 0 radical (unpaired) electrons. The first-order valence-electron chi connectivity index (χ1n) is 2.08. The molecule has 0 saturated carbocycles. The molecule has 9 heavy (non-hydrogen) atoms. The number of hydrogen-bond acceptors (Lipinski definition) is 2. The highest BCUT2D eigenvalue weighted by Gasteiger charge is 1.86. The average Bonchev–Trinajstić information content (AvgIpc) is 1.64. The third-order valence-corrected chi connectivity index (χ3v) is 1.12. The predicted octanol–water partition coefficient (Wildman–Crippen LogP) is 2.19. The standard InChI is InChI=1S/C5H4BrNO.CH4/c6-4-1-5(8)3-7-2-4;/h1-3,8H;1H4. The summed E-state index contributed by atoms with van der Waals surface area (Å²) in [7, 11) is 0. The predicted molar refractivity (Wildman–Crippen MR) is 40.3 cm³/mol. The van der Waals surface area contributed by atoms with Crippen molar-refractivity contribution < 1.29 is 5.11 Å². The molecule has 0 atom stereocenters. The zero-order chi connectivity index (χ0) is 5.98. The fraction of sp³-hybridized carbons (Fsp3) is 0.167. The highest BCUT2D eigenvalue weighted by Crippen LogP contribution is 2.12. The van der Waals surface area contributed by atoms with Crippen molar-refractivity contribution >= 4 is 15.9 Å². The van der Waals surface area contributed by atoms with Crippen molar-refractivity contribution in [2.24, 2.45) is 0 Å². The summed E-state index contributed by atoms with van der Waals surface area (Å²) in [5.41, 5.74) is 0. The molecule has 0 fully saturated rings. The Balaban J connectivity index is 0.000000640. The first-order chi connectivity index (χ1) is 3.79. The van der Waals surface area contributed by atoms with Gasteiger partial charge in [0.05, 0.1) is 6.20 Å². The van der Waals surface area contributed by atoms with Crippen molar-refractivity contribution in [3.05, 3.63) is 22.9 Å². The molecule has 1 aromatic rings. The minimum Gasteiger partial charge on any atom is -0.506 e. The van der Waals surface area contributed by atoms with Crippen LogP contribution in [0.5, 0.6) is 5.75 Å². The molecule has 0 aliphatic heterocycles. The molecule has 50 valence electrons. The average molecular weight is 190 g/mol. The van der Waals surface area contributed by atoms with Crippen molar-refractivity contribution in [3.63, 3.8) is 0 Å². The van der Waals surface area contributed by atoms with Gasteiger partial charge in [0, 0.05) is 10.7 Å². The van der Waals surface area contributed by atoms with Gasteiger partial charge in [-0.25, -0.2) is 0 Å². The molecule has 3 heteroatoms. The van der Waals surface area contributed by atoms with Crippen molar-refractivity contribution in [1.82, 2.24) is 4.98 Å². The quantitative estimate of drug-likeness (QED) is 0.680. The summed E-state index contributed by atoms with van der Waals surface area (Å²) in [4.78, 5) is 3.69. The van der Waals surface area contributed by atoms with Crippen LogP contribution in [0.15, 0.2) is 22.9 Å². The van der Waals surface area contributed by atoms with E-state index in [0.29, 0.717) is 0 Å². The van der Waals surface area contributed by atoms with Crippen LogP contribution in [-0.4, -0.2) is 10.1 Å². The molecule has 0 spiro atoms. The van der Waals surface area contributed by atoms with Gasteiger partial charge in [-0.15, -0.1) is 0 Å². The molecule has 0 unspecified atom stereocenters. The largest absolute Gasteiger partial charge is 0.506 e. The van der Waals surface area contributed by atoms with Crippen LogP contribution in [0.4, 0.5) is 0 Å².